The highest BCUT2D eigenvalue weighted by molar-refractivity contribution is 9.11. The van der Waals surface area contributed by atoms with Crippen molar-refractivity contribution in [1.82, 2.24) is 0 Å². The SMILES string of the molecule is N#Cc1c(Br)ccc(OC(F)F)c1Br. The van der Waals surface area contributed by atoms with E-state index >= 15 is 0 Å². The van der Waals surface area contributed by atoms with Crippen LogP contribution in [-0.2, 0) is 0 Å². The van der Waals surface area contributed by atoms with Gasteiger partial charge < -0.3 is 4.74 Å². The second kappa shape index (κ2) is 4.71. The van der Waals surface area contributed by atoms with Gasteiger partial charge in [-0.3, -0.25) is 0 Å². The smallest absolute Gasteiger partial charge is 0.387 e. The maximum absolute atomic E-state index is 11.9. The van der Waals surface area contributed by atoms with Gasteiger partial charge in [0.1, 0.15) is 11.8 Å². The van der Waals surface area contributed by atoms with E-state index in [1.165, 1.54) is 12.1 Å². The molecule has 2 nitrogen and oxygen atoms in total. The first-order chi connectivity index (χ1) is 6.56. The molecule has 0 saturated heterocycles. The Morgan fingerprint density at radius 1 is 1.36 bits per heavy atom. The van der Waals surface area contributed by atoms with Crippen molar-refractivity contribution in [3.63, 3.8) is 0 Å². The van der Waals surface area contributed by atoms with Gasteiger partial charge in [0.05, 0.1) is 10.0 Å². The van der Waals surface area contributed by atoms with Crippen LogP contribution in [0, 0.1) is 11.3 Å². The Hall–Kier alpha value is -0.670. The van der Waals surface area contributed by atoms with Gasteiger partial charge >= 0.3 is 6.61 Å². The fraction of sp³-hybridized carbons (Fsp3) is 0.125. The molecule has 0 unspecified atom stereocenters. The maximum atomic E-state index is 11.9. The molecule has 0 radical (unpaired) electrons. The topological polar surface area (TPSA) is 33.0 Å². The van der Waals surface area contributed by atoms with Crippen molar-refractivity contribution in [2.75, 3.05) is 0 Å². The highest BCUT2D eigenvalue weighted by atomic mass is 79.9. The molecule has 0 heterocycles. The zero-order valence-corrected chi connectivity index (χ0v) is 9.77. The van der Waals surface area contributed by atoms with E-state index in [1.807, 2.05) is 6.07 Å². The Bertz CT molecular complexity index is 390. The summed E-state index contributed by atoms with van der Waals surface area (Å²) < 4.78 is 28.7. The van der Waals surface area contributed by atoms with Gasteiger partial charge in [0.25, 0.3) is 0 Å². The summed E-state index contributed by atoms with van der Waals surface area (Å²) in [6, 6.07) is 4.68. The molecule has 14 heavy (non-hydrogen) atoms. The van der Waals surface area contributed by atoms with Crippen LogP contribution in [0.5, 0.6) is 5.75 Å². The minimum absolute atomic E-state index is 0.0558. The standard InChI is InChI=1S/C8H3Br2F2NO/c9-5-1-2-6(14-8(11)12)7(10)4(5)3-13/h1-2,8H. The van der Waals surface area contributed by atoms with E-state index in [0.717, 1.165) is 0 Å². The van der Waals surface area contributed by atoms with Gasteiger partial charge in [0, 0.05) is 4.47 Å². The average molecular weight is 327 g/mol. The highest BCUT2D eigenvalue weighted by Gasteiger charge is 2.13. The molecule has 0 aliphatic rings. The molecule has 0 fully saturated rings. The molecule has 0 bridgehead atoms. The van der Waals surface area contributed by atoms with Crippen LogP contribution in [-0.4, -0.2) is 6.61 Å². The van der Waals surface area contributed by atoms with Crippen LogP contribution in [0.1, 0.15) is 5.56 Å². The van der Waals surface area contributed by atoms with Gasteiger partial charge in [-0.25, -0.2) is 0 Å². The summed E-state index contributed by atoms with van der Waals surface area (Å²) in [5, 5.41) is 8.70. The normalized spacial score (nSPS) is 10.0. The van der Waals surface area contributed by atoms with Gasteiger partial charge in [0.15, 0.2) is 0 Å². The van der Waals surface area contributed by atoms with Gasteiger partial charge in [-0.15, -0.1) is 0 Å². The largest absolute Gasteiger partial charge is 0.434 e. The molecule has 0 N–H and O–H groups in total. The monoisotopic (exact) mass is 325 g/mol. The van der Waals surface area contributed by atoms with E-state index in [4.69, 9.17) is 5.26 Å². The number of rotatable bonds is 2. The van der Waals surface area contributed by atoms with Crippen molar-refractivity contribution < 1.29 is 13.5 Å². The fourth-order valence-electron chi connectivity index (χ4n) is 0.823. The third kappa shape index (κ3) is 2.42. The van der Waals surface area contributed by atoms with E-state index in [-0.39, 0.29) is 15.8 Å². The molecule has 0 aliphatic heterocycles. The van der Waals surface area contributed by atoms with Gasteiger partial charge in [-0.05, 0) is 44.0 Å². The number of alkyl halides is 2. The lowest BCUT2D eigenvalue weighted by atomic mass is 10.2. The number of nitriles is 1. The number of benzene rings is 1. The summed E-state index contributed by atoms with van der Waals surface area (Å²) >= 11 is 6.12. The van der Waals surface area contributed by atoms with E-state index in [1.54, 1.807) is 0 Å². The molecule has 1 aromatic rings. The van der Waals surface area contributed by atoms with Crippen molar-refractivity contribution in [2.24, 2.45) is 0 Å². The summed E-state index contributed by atoms with van der Waals surface area (Å²) in [4.78, 5) is 0. The molecular weight excluding hydrogens is 324 g/mol. The Labute approximate surface area is 95.7 Å². The summed E-state index contributed by atoms with van der Waals surface area (Å²) in [5.41, 5.74) is 0.225. The van der Waals surface area contributed by atoms with Crippen LogP contribution >= 0.6 is 31.9 Å². The summed E-state index contributed by atoms with van der Waals surface area (Å²) in [7, 11) is 0. The van der Waals surface area contributed by atoms with Crippen LogP contribution in [0.4, 0.5) is 8.78 Å². The zero-order valence-electron chi connectivity index (χ0n) is 6.60. The Balaban J connectivity index is 3.16. The second-order valence-corrected chi connectivity index (χ2v) is 3.87. The van der Waals surface area contributed by atoms with Crippen LogP contribution in [0.3, 0.4) is 0 Å². The number of ether oxygens (including phenoxy) is 1. The van der Waals surface area contributed by atoms with E-state index in [2.05, 4.69) is 36.6 Å². The van der Waals surface area contributed by atoms with Crippen molar-refractivity contribution >= 4 is 31.9 Å². The number of nitrogens with zero attached hydrogens (tertiary/aromatic N) is 1. The second-order valence-electron chi connectivity index (χ2n) is 2.22. The molecule has 1 rings (SSSR count). The first-order valence-corrected chi connectivity index (χ1v) is 4.97. The predicted octanol–water partition coefficient (Wildman–Crippen LogP) is 3.68. The molecule has 6 heteroatoms. The van der Waals surface area contributed by atoms with Crippen molar-refractivity contribution in [1.29, 1.82) is 5.26 Å². The summed E-state index contributed by atoms with van der Waals surface area (Å²) in [5.74, 6) is -0.0558. The quantitative estimate of drug-likeness (QED) is 0.830. The predicted molar refractivity (Wildman–Crippen MR) is 53.2 cm³/mol. The van der Waals surface area contributed by atoms with Gasteiger partial charge in [-0.1, -0.05) is 0 Å². The van der Waals surface area contributed by atoms with E-state index in [0.29, 0.717) is 4.47 Å². The van der Waals surface area contributed by atoms with Crippen LogP contribution in [0.25, 0.3) is 0 Å². The van der Waals surface area contributed by atoms with Crippen LogP contribution in [0.15, 0.2) is 21.1 Å². The molecule has 74 valence electrons. The number of halogens is 4. The summed E-state index contributed by atoms with van der Waals surface area (Å²) in [6.07, 6.45) is 0. The molecular formula is C8H3Br2F2NO. The van der Waals surface area contributed by atoms with E-state index in [9.17, 15) is 8.78 Å². The van der Waals surface area contributed by atoms with Crippen molar-refractivity contribution in [3.8, 4) is 11.8 Å². The maximum Gasteiger partial charge on any atom is 0.387 e. The Kier molecular flexibility index (Phi) is 3.84. The number of hydrogen-bond acceptors (Lipinski definition) is 2. The lowest BCUT2D eigenvalue weighted by Gasteiger charge is -2.08. The molecule has 0 saturated carbocycles. The lowest BCUT2D eigenvalue weighted by Crippen LogP contribution is -2.03. The van der Waals surface area contributed by atoms with Gasteiger partial charge in [-0.2, -0.15) is 14.0 Å². The lowest BCUT2D eigenvalue weighted by molar-refractivity contribution is -0.0503. The van der Waals surface area contributed by atoms with E-state index < -0.39 is 6.61 Å². The zero-order chi connectivity index (χ0) is 10.7. The average Bonchev–Trinajstić information content (AvgIpc) is 2.10. The third-order valence-corrected chi connectivity index (χ3v) is 2.83. The van der Waals surface area contributed by atoms with Crippen molar-refractivity contribution in [3.05, 3.63) is 26.6 Å². The minimum Gasteiger partial charge on any atom is -0.434 e. The molecule has 0 aliphatic carbocycles. The molecule has 0 atom stereocenters. The first kappa shape index (κ1) is 11.4. The molecule has 0 amide bonds. The van der Waals surface area contributed by atoms with Crippen molar-refractivity contribution in [2.45, 2.75) is 6.61 Å². The van der Waals surface area contributed by atoms with Crippen LogP contribution in [0.2, 0.25) is 0 Å². The molecule has 1 aromatic carbocycles. The highest BCUT2D eigenvalue weighted by Crippen LogP contribution is 2.33. The summed E-state index contributed by atoms with van der Waals surface area (Å²) in [6.45, 7) is -2.90. The third-order valence-electron chi connectivity index (χ3n) is 1.38. The first-order valence-electron chi connectivity index (χ1n) is 3.39. The van der Waals surface area contributed by atoms with Gasteiger partial charge in [0.2, 0.25) is 0 Å². The molecule has 0 aromatic heterocycles. The Morgan fingerprint density at radius 2 is 2.00 bits per heavy atom. The minimum atomic E-state index is -2.90. The fourth-order valence-corrected chi connectivity index (χ4v) is 2.04. The molecule has 0 spiro atoms. The van der Waals surface area contributed by atoms with Crippen LogP contribution < -0.4 is 4.74 Å². The Morgan fingerprint density at radius 3 is 2.50 bits per heavy atom. The number of hydrogen-bond donors (Lipinski definition) is 0.